The third-order valence-corrected chi connectivity index (χ3v) is 4.31. The molecule has 108 valence electrons. The van der Waals surface area contributed by atoms with E-state index < -0.39 is 10.9 Å². The van der Waals surface area contributed by atoms with Gasteiger partial charge < -0.3 is 10.1 Å². The van der Waals surface area contributed by atoms with Crippen LogP contribution in [0.4, 0.5) is 5.69 Å². The van der Waals surface area contributed by atoms with Crippen molar-refractivity contribution in [2.75, 3.05) is 12.4 Å². The van der Waals surface area contributed by atoms with Crippen LogP contribution in [0.25, 0.3) is 5.57 Å². The monoisotopic (exact) mass is 283 g/mol. The predicted molar refractivity (Wildman–Crippen MR) is 83.6 cm³/mol. The van der Waals surface area contributed by atoms with Gasteiger partial charge in [-0.3, -0.25) is 9.59 Å². The van der Waals surface area contributed by atoms with Crippen LogP contribution in [-0.4, -0.2) is 7.11 Å². The Kier molecular flexibility index (Phi) is 2.80. The molecule has 0 aromatic heterocycles. The second-order valence-corrected chi connectivity index (χ2v) is 5.86. The standard InChI is InChI=1S/C17H17NO3/c1-9(12-13(19)14(20)15(12)21-4)16-17(2,3)10-7-5-6-8-11(10)18-16/h5-8,18H,1-4H3. The maximum Gasteiger partial charge on any atom is 0.268 e. The molecule has 0 atom stereocenters. The number of methoxy groups -OCH3 is 1. The van der Waals surface area contributed by atoms with Crippen molar-refractivity contribution in [3.8, 4) is 5.75 Å². The molecule has 4 heteroatoms. The number of anilines is 1. The number of hydrogen-bond acceptors (Lipinski definition) is 4. The Morgan fingerprint density at radius 3 is 2.43 bits per heavy atom. The Bertz CT molecular complexity index is 836. The Balaban J connectivity index is 2.19. The largest absolute Gasteiger partial charge is 0.492 e. The van der Waals surface area contributed by atoms with Gasteiger partial charge in [0.05, 0.1) is 12.7 Å². The van der Waals surface area contributed by atoms with Gasteiger partial charge in [0.15, 0.2) is 5.75 Å². The molecule has 0 amide bonds. The van der Waals surface area contributed by atoms with E-state index in [0.29, 0.717) is 5.56 Å². The first-order valence-electron chi connectivity index (χ1n) is 6.85. The molecule has 0 saturated heterocycles. The second-order valence-electron chi connectivity index (χ2n) is 5.86. The molecule has 3 rings (SSSR count). The molecule has 0 bridgehead atoms. The summed E-state index contributed by atoms with van der Waals surface area (Å²) in [5, 5.41) is 3.38. The average Bonchev–Trinajstić information content (AvgIpc) is 2.75. The lowest BCUT2D eigenvalue weighted by Crippen LogP contribution is -2.36. The van der Waals surface area contributed by atoms with Crippen LogP contribution in [0, 0.1) is 0 Å². The topological polar surface area (TPSA) is 55.4 Å². The lowest BCUT2D eigenvalue weighted by molar-refractivity contribution is 0.403. The summed E-state index contributed by atoms with van der Waals surface area (Å²) in [6.45, 7) is 6.06. The van der Waals surface area contributed by atoms with Gasteiger partial charge >= 0.3 is 0 Å². The molecule has 0 unspecified atom stereocenters. The average molecular weight is 283 g/mol. The van der Waals surface area contributed by atoms with Crippen LogP contribution >= 0.6 is 0 Å². The van der Waals surface area contributed by atoms with Gasteiger partial charge in [-0.1, -0.05) is 32.0 Å². The molecule has 4 nitrogen and oxygen atoms in total. The smallest absolute Gasteiger partial charge is 0.268 e. The molecule has 2 aromatic rings. The van der Waals surface area contributed by atoms with Gasteiger partial charge in [0.1, 0.15) is 0 Å². The molecule has 1 heterocycles. The van der Waals surface area contributed by atoms with Crippen molar-refractivity contribution in [3.63, 3.8) is 0 Å². The van der Waals surface area contributed by atoms with Crippen molar-refractivity contribution in [2.24, 2.45) is 0 Å². The summed E-state index contributed by atoms with van der Waals surface area (Å²) in [6.07, 6.45) is 0. The van der Waals surface area contributed by atoms with Crippen LogP contribution in [0.5, 0.6) is 5.75 Å². The first-order chi connectivity index (χ1) is 9.89. The minimum absolute atomic E-state index is 0.165. The van der Waals surface area contributed by atoms with Gasteiger partial charge in [-0.2, -0.15) is 0 Å². The van der Waals surface area contributed by atoms with E-state index in [1.165, 1.54) is 12.7 Å². The summed E-state index contributed by atoms with van der Waals surface area (Å²) in [4.78, 5) is 23.4. The van der Waals surface area contributed by atoms with Gasteiger partial charge in [0.2, 0.25) is 5.43 Å². The molecule has 0 saturated carbocycles. The lowest BCUT2D eigenvalue weighted by atomic mass is 9.81. The van der Waals surface area contributed by atoms with Crippen LogP contribution in [0.2, 0.25) is 0 Å². The van der Waals surface area contributed by atoms with E-state index in [4.69, 9.17) is 4.74 Å². The number of fused-ring (bicyclic) bond motifs is 1. The first kappa shape index (κ1) is 13.6. The first-order valence-corrected chi connectivity index (χ1v) is 6.85. The lowest BCUT2D eigenvalue weighted by Gasteiger charge is -2.23. The number of benzene rings is 1. The van der Waals surface area contributed by atoms with Crippen molar-refractivity contribution in [3.05, 3.63) is 61.5 Å². The van der Waals surface area contributed by atoms with Crippen LogP contribution in [0.15, 0.2) is 39.6 Å². The van der Waals surface area contributed by atoms with Gasteiger partial charge in [-0.25, -0.2) is 0 Å². The van der Waals surface area contributed by atoms with Crippen molar-refractivity contribution in [2.45, 2.75) is 26.2 Å². The summed E-state index contributed by atoms with van der Waals surface area (Å²) in [7, 11) is 1.42. The number of rotatable bonds is 2. The predicted octanol–water partition coefficient (Wildman–Crippen LogP) is 2.43. The number of allylic oxidation sites excluding steroid dienone is 2. The van der Waals surface area contributed by atoms with Crippen LogP contribution in [-0.2, 0) is 5.41 Å². The van der Waals surface area contributed by atoms with Crippen LogP contribution < -0.4 is 20.9 Å². The summed E-state index contributed by atoms with van der Waals surface area (Å²) in [5.41, 5.74) is 3.07. The van der Waals surface area contributed by atoms with E-state index in [9.17, 15) is 9.59 Å². The Morgan fingerprint density at radius 2 is 1.81 bits per heavy atom. The fourth-order valence-electron chi connectivity index (χ4n) is 3.16. The zero-order valence-electron chi connectivity index (χ0n) is 12.5. The molecular weight excluding hydrogens is 266 g/mol. The molecule has 0 aliphatic carbocycles. The molecule has 1 aliphatic heterocycles. The molecule has 1 N–H and O–H groups in total. The number of ether oxygens (including phenoxy) is 1. The van der Waals surface area contributed by atoms with E-state index in [1.54, 1.807) is 0 Å². The number of para-hydroxylation sites is 1. The zero-order chi connectivity index (χ0) is 15.4. The third-order valence-electron chi connectivity index (χ3n) is 4.31. The van der Waals surface area contributed by atoms with E-state index in [1.807, 2.05) is 25.1 Å². The highest BCUT2D eigenvalue weighted by Gasteiger charge is 2.37. The van der Waals surface area contributed by atoms with E-state index in [0.717, 1.165) is 17.0 Å². The molecule has 0 spiro atoms. The van der Waals surface area contributed by atoms with Gasteiger partial charge in [-0.15, -0.1) is 0 Å². The maximum atomic E-state index is 11.9. The molecule has 0 fully saturated rings. The van der Waals surface area contributed by atoms with Crippen LogP contribution in [0.3, 0.4) is 0 Å². The SMILES string of the molecule is COc1c(C(C)=C2Nc3ccccc3C2(C)C)c(=O)c1=O. The van der Waals surface area contributed by atoms with E-state index in [2.05, 4.69) is 25.2 Å². The summed E-state index contributed by atoms with van der Waals surface area (Å²) < 4.78 is 5.05. The fraction of sp³-hybridized carbons (Fsp3) is 0.294. The fourth-order valence-corrected chi connectivity index (χ4v) is 3.16. The second kappa shape index (κ2) is 4.32. The Labute approximate surface area is 122 Å². The zero-order valence-corrected chi connectivity index (χ0v) is 12.5. The molecule has 2 aromatic carbocycles. The number of hydrogen-bond donors (Lipinski definition) is 1. The minimum Gasteiger partial charge on any atom is -0.492 e. The van der Waals surface area contributed by atoms with E-state index >= 15 is 0 Å². The highest BCUT2D eigenvalue weighted by atomic mass is 16.5. The molecule has 1 aliphatic rings. The van der Waals surface area contributed by atoms with Gasteiger partial charge in [-0.05, 0) is 24.1 Å². The summed E-state index contributed by atoms with van der Waals surface area (Å²) in [5.74, 6) is 0.165. The minimum atomic E-state index is -0.541. The maximum absolute atomic E-state index is 11.9. The van der Waals surface area contributed by atoms with Crippen molar-refractivity contribution in [1.82, 2.24) is 0 Å². The summed E-state index contributed by atoms with van der Waals surface area (Å²) in [6, 6.07) is 8.05. The highest BCUT2D eigenvalue weighted by molar-refractivity contribution is 5.82. The van der Waals surface area contributed by atoms with E-state index in [-0.39, 0.29) is 11.2 Å². The van der Waals surface area contributed by atoms with Gasteiger partial charge in [0, 0.05) is 16.8 Å². The highest BCUT2D eigenvalue weighted by Crippen LogP contribution is 2.46. The molecule has 0 radical (unpaired) electrons. The number of nitrogens with one attached hydrogen (secondary N) is 1. The Hall–Kier alpha value is -2.36. The van der Waals surface area contributed by atoms with Crippen molar-refractivity contribution >= 4 is 11.3 Å². The quantitative estimate of drug-likeness (QED) is 0.860. The third kappa shape index (κ3) is 1.68. The van der Waals surface area contributed by atoms with Gasteiger partial charge in [0.25, 0.3) is 5.43 Å². The normalized spacial score (nSPS) is 18.3. The van der Waals surface area contributed by atoms with Crippen molar-refractivity contribution in [1.29, 1.82) is 0 Å². The molecular formula is C17H17NO3. The molecule has 21 heavy (non-hydrogen) atoms. The van der Waals surface area contributed by atoms with Crippen molar-refractivity contribution < 1.29 is 4.74 Å². The van der Waals surface area contributed by atoms with Crippen LogP contribution in [0.1, 0.15) is 31.9 Å². The Morgan fingerprint density at radius 1 is 1.14 bits per heavy atom. The summed E-state index contributed by atoms with van der Waals surface area (Å²) >= 11 is 0.